The number of ether oxygens (including phenoxy) is 2. The first-order valence-electron chi connectivity index (χ1n) is 6.40. The van der Waals surface area contributed by atoms with Crippen molar-refractivity contribution >= 4 is 17.6 Å². The van der Waals surface area contributed by atoms with Gasteiger partial charge in [-0.3, -0.25) is 9.69 Å². The Morgan fingerprint density at radius 1 is 1.40 bits per heavy atom. The number of esters is 1. The molecule has 1 aliphatic heterocycles. The van der Waals surface area contributed by atoms with E-state index in [0.29, 0.717) is 11.4 Å². The van der Waals surface area contributed by atoms with Gasteiger partial charge in [-0.15, -0.1) is 6.58 Å². The van der Waals surface area contributed by atoms with E-state index in [9.17, 15) is 9.59 Å². The second-order valence-electron chi connectivity index (χ2n) is 4.36. The van der Waals surface area contributed by atoms with Gasteiger partial charge in [0.05, 0.1) is 19.6 Å². The van der Waals surface area contributed by atoms with E-state index in [-0.39, 0.29) is 12.5 Å². The Bertz CT molecular complexity index is 523. The summed E-state index contributed by atoms with van der Waals surface area (Å²) >= 11 is 0. The largest absolute Gasteiger partial charge is 0.497 e. The molecule has 1 aromatic rings. The second kappa shape index (κ2) is 5.77. The summed E-state index contributed by atoms with van der Waals surface area (Å²) in [7, 11) is 1.57. The third-order valence-electron chi connectivity index (χ3n) is 3.27. The third-order valence-corrected chi connectivity index (χ3v) is 3.27. The van der Waals surface area contributed by atoms with Gasteiger partial charge in [0.1, 0.15) is 11.8 Å². The van der Waals surface area contributed by atoms with Crippen LogP contribution in [0, 0.1) is 5.92 Å². The number of hydrogen-bond donors (Lipinski definition) is 0. The van der Waals surface area contributed by atoms with Gasteiger partial charge >= 0.3 is 5.97 Å². The summed E-state index contributed by atoms with van der Waals surface area (Å²) in [5.74, 6) is -0.387. The molecular formula is C15H17NO4. The van der Waals surface area contributed by atoms with Crippen LogP contribution in [0.25, 0.3) is 0 Å². The van der Waals surface area contributed by atoms with E-state index in [1.165, 1.54) is 11.0 Å². The monoisotopic (exact) mass is 275 g/mol. The van der Waals surface area contributed by atoms with Crippen LogP contribution < -0.4 is 9.64 Å². The maximum atomic E-state index is 12.1. The average Bonchev–Trinajstić information content (AvgIpc) is 2.46. The molecule has 20 heavy (non-hydrogen) atoms. The number of nitrogens with zero attached hydrogens (tertiary/aromatic N) is 1. The first kappa shape index (κ1) is 14.1. The van der Waals surface area contributed by atoms with E-state index < -0.39 is 17.9 Å². The van der Waals surface area contributed by atoms with Gasteiger partial charge in [0.2, 0.25) is 5.91 Å². The molecule has 0 aliphatic carbocycles. The highest BCUT2D eigenvalue weighted by molar-refractivity contribution is 6.11. The molecule has 2 atom stereocenters. The zero-order valence-corrected chi connectivity index (χ0v) is 11.5. The highest BCUT2D eigenvalue weighted by Gasteiger charge is 2.51. The van der Waals surface area contributed by atoms with Crippen molar-refractivity contribution in [1.29, 1.82) is 0 Å². The topological polar surface area (TPSA) is 55.8 Å². The molecule has 0 saturated carbocycles. The van der Waals surface area contributed by atoms with Gasteiger partial charge in [-0.05, 0) is 31.2 Å². The van der Waals surface area contributed by atoms with E-state index >= 15 is 0 Å². The molecule has 0 N–H and O–H groups in total. The standard InChI is InChI=1S/C15H17NO4/c1-4-12-13(15(18)20-5-2)16(14(12)17)10-6-8-11(19-3)9-7-10/h4,6-9,12-13H,1,5H2,2-3H3. The maximum Gasteiger partial charge on any atom is 0.330 e. The van der Waals surface area contributed by atoms with Crippen molar-refractivity contribution in [3.05, 3.63) is 36.9 Å². The predicted molar refractivity (Wildman–Crippen MR) is 74.6 cm³/mol. The Morgan fingerprint density at radius 2 is 2.05 bits per heavy atom. The molecule has 0 bridgehead atoms. The number of β-lactam (4-membered cyclic amide) rings is 1. The number of benzene rings is 1. The molecule has 2 rings (SSSR count). The molecule has 5 nitrogen and oxygen atoms in total. The summed E-state index contributed by atoms with van der Waals surface area (Å²) in [5, 5.41) is 0. The Balaban J connectivity index is 2.25. The van der Waals surface area contributed by atoms with Crippen LogP contribution in [-0.4, -0.2) is 31.6 Å². The molecule has 106 valence electrons. The Hall–Kier alpha value is -2.30. The molecule has 1 amide bonds. The van der Waals surface area contributed by atoms with Crippen LogP contribution in [0.3, 0.4) is 0 Å². The third kappa shape index (κ3) is 2.27. The van der Waals surface area contributed by atoms with Gasteiger partial charge in [-0.1, -0.05) is 6.08 Å². The van der Waals surface area contributed by atoms with E-state index in [4.69, 9.17) is 9.47 Å². The number of amides is 1. The molecular weight excluding hydrogens is 258 g/mol. The van der Waals surface area contributed by atoms with Crippen molar-refractivity contribution in [2.75, 3.05) is 18.6 Å². The molecule has 1 aliphatic rings. The zero-order chi connectivity index (χ0) is 14.7. The first-order chi connectivity index (χ1) is 9.63. The van der Waals surface area contributed by atoms with Crippen molar-refractivity contribution in [3.8, 4) is 5.75 Å². The molecule has 1 heterocycles. The minimum absolute atomic E-state index is 0.150. The predicted octanol–water partition coefficient (Wildman–Crippen LogP) is 1.78. The van der Waals surface area contributed by atoms with Gasteiger partial charge in [-0.2, -0.15) is 0 Å². The molecule has 0 radical (unpaired) electrons. The maximum absolute atomic E-state index is 12.1. The summed E-state index contributed by atoms with van der Waals surface area (Å²) in [5.41, 5.74) is 0.645. The van der Waals surface area contributed by atoms with Gasteiger partial charge in [0, 0.05) is 5.69 Å². The minimum atomic E-state index is -0.631. The number of carbonyl (C=O) groups is 2. The average molecular weight is 275 g/mol. The Kier molecular flexibility index (Phi) is 4.08. The summed E-state index contributed by atoms with van der Waals surface area (Å²) in [6.45, 7) is 5.62. The second-order valence-corrected chi connectivity index (χ2v) is 4.36. The van der Waals surface area contributed by atoms with E-state index in [1.54, 1.807) is 38.3 Å². The fourth-order valence-corrected chi connectivity index (χ4v) is 2.25. The van der Waals surface area contributed by atoms with Crippen molar-refractivity contribution in [2.24, 2.45) is 5.92 Å². The summed E-state index contributed by atoms with van der Waals surface area (Å²) < 4.78 is 10.1. The lowest BCUT2D eigenvalue weighted by molar-refractivity contribution is -0.152. The number of hydrogen-bond acceptors (Lipinski definition) is 4. The zero-order valence-electron chi connectivity index (χ0n) is 11.5. The number of carbonyl (C=O) groups excluding carboxylic acids is 2. The van der Waals surface area contributed by atoms with Crippen LogP contribution in [0.4, 0.5) is 5.69 Å². The fourth-order valence-electron chi connectivity index (χ4n) is 2.25. The van der Waals surface area contributed by atoms with Gasteiger partial charge in [0.25, 0.3) is 0 Å². The lowest BCUT2D eigenvalue weighted by Gasteiger charge is -2.43. The molecule has 0 spiro atoms. The van der Waals surface area contributed by atoms with Crippen LogP contribution in [0.2, 0.25) is 0 Å². The highest BCUT2D eigenvalue weighted by atomic mass is 16.5. The molecule has 5 heteroatoms. The van der Waals surface area contributed by atoms with Gasteiger partial charge < -0.3 is 9.47 Å². The Morgan fingerprint density at radius 3 is 2.55 bits per heavy atom. The van der Waals surface area contributed by atoms with Crippen LogP contribution in [0.5, 0.6) is 5.75 Å². The summed E-state index contributed by atoms with van der Waals surface area (Å²) in [4.78, 5) is 25.5. The quantitative estimate of drug-likeness (QED) is 0.467. The van der Waals surface area contributed by atoms with Gasteiger partial charge in [-0.25, -0.2) is 4.79 Å². The summed E-state index contributed by atoms with van der Waals surface area (Å²) in [6, 6.07) is 6.33. The lowest BCUT2D eigenvalue weighted by atomic mass is 9.86. The smallest absolute Gasteiger partial charge is 0.330 e. The molecule has 1 aromatic carbocycles. The molecule has 0 aromatic heterocycles. The minimum Gasteiger partial charge on any atom is -0.497 e. The van der Waals surface area contributed by atoms with Crippen molar-refractivity contribution in [3.63, 3.8) is 0 Å². The molecule has 2 unspecified atom stereocenters. The highest BCUT2D eigenvalue weighted by Crippen LogP contribution is 2.34. The first-order valence-corrected chi connectivity index (χ1v) is 6.40. The van der Waals surface area contributed by atoms with Crippen LogP contribution in [-0.2, 0) is 14.3 Å². The normalized spacial score (nSPS) is 21.1. The SMILES string of the molecule is C=CC1C(=O)N(c2ccc(OC)cc2)C1C(=O)OCC. The van der Waals surface area contributed by atoms with Crippen molar-refractivity contribution in [2.45, 2.75) is 13.0 Å². The number of methoxy groups -OCH3 is 1. The van der Waals surface area contributed by atoms with Crippen molar-refractivity contribution < 1.29 is 19.1 Å². The van der Waals surface area contributed by atoms with E-state index in [0.717, 1.165) is 0 Å². The van der Waals surface area contributed by atoms with E-state index in [1.807, 2.05) is 0 Å². The van der Waals surface area contributed by atoms with Crippen LogP contribution in [0.15, 0.2) is 36.9 Å². The molecule has 1 saturated heterocycles. The lowest BCUT2D eigenvalue weighted by Crippen LogP contribution is -2.64. The summed E-state index contributed by atoms with van der Waals surface area (Å²) in [6.07, 6.45) is 1.49. The molecule has 1 fully saturated rings. The van der Waals surface area contributed by atoms with Crippen LogP contribution in [0.1, 0.15) is 6.92 Å². The van der Waals surface area contributed by atoms with E-state index in [2.05, 4.69) is 6.58 Å². The van der Waals surface area contributed by atoms with Crippen LogP contribution >= 0.6 is 0 Å². The Labute approximate surface area is 117 Å². The number of anilines is 1. The fraction of sp³-hybridized carbons (Fsp3) is 0.333. The van der Waals surface area contributed by atoms with Crippen molar-refractivity contribution in [1.82, 2.24) is 0 Å². The van der Waals surface area contributed by atoms with Gasteiger partial charge in [0.15, 0.2) is 0 Å². The number of rotatable bonds is 5.